The Morgan fingerprint density at radius 1 is 1.11 bits per heavy atom. The normalized spacial score (nSPS) is 14.8. The van der Waals surface area contributed by atoms with Gasteiger partial charge in [-0.25, -0.2) is 4.98 Å². The molecule has 0 saturated carbocycles. The van der Waals surface area contributed by atoms with E-state index in [4.69, 9.17) is 15.5 Å². The molecule has 142 valence electrons. The third kappa shape index (κ3) is 2.80. The van der Waals surface area contributed by atoms with Gasteiger partial charge in [0.1, 0.15) is 11.6 Å². The van der Waals surface area contributed by atoms with E-state index in [1.807, 2.05) is 18.2 Å². The smallest absolute Gasteiger partial charge is 0.274 e. The maximum Gasteiger partial charge on any atom is 0.274 e. The van der Waals surface area contributed by atoms with Crippen LogP contribution in [0.1, 0.15) is 11.1 Å². The fourth-order valence-electron chi connectivity index (χ4n) is 3.85. The van der Waals surface area contributed by atoms with Crippen LogP contribution in [0, 0.1) is 0 Å². The van der Waals surface area contributed by atoms with Crippen LogP contribution >= 0.6 is 0 Å². The summed E-state index contributed by atoms with van der Waals surface area (Å²) in [6.45, 7) is 2.72. The van der Waals surface area contributed by atoms with Gasteiger partial charge < -0.3 is 15.4 Å². The maximum absolute atomic E-state index is 12.7. The first kappa shape index (κ1) is 16.8. The molecular weight excluding hydrogens is 354 g/mol. The monoisotopic (exact) mass is 375 g/mol. The molecule has 7 heteroatoms. The number of aromatic amines is 1. The fourth-order valence-corrected chi connectivity index (χ4v) is 3.85. The SMILES string of the molecule is Nc1[nH]n2c(=O)cc(N3CCOCC3)nc2c1Cc1cccc2ccccc12. The van der Waals surface area contributed by atoms with Crippen LogP contribution in [0.15, 0.2) is 53.3 Å². The summed E-state index contributed by atoms with van der Waals surface area (Å²) in [5.41, 5.74) is 8.66. The molecule has 3 N–H and O–H groups in total. The molecule has 7 nitrogen and oxygen atoms in total. The van der Waals surface area contributed by atoms with Crippen LogP contribution in [0.25, 0.3) is 16.4 Å². The number of hydrogen-bond acceptors (Lipinski definition) is 5. The highest BCUT2D eigenvalue weighted by atomic mass is 16.5. The molecule has 0 atom stereocenters. The number of benzene rings is 2. The van der Waals surface area contributed by atoms with E-state index in [1.165, 1.54) is 15.3 Å². The first-order valence-corrected chi connectivity index (χ1v) is 9.40. The minimum absolute atomic E-state index is 0.164. The molecule has 1 aliphatic rings. The summed E-state index contributed by atoms with van der Waals surface area (Å²) in [4.78, 5) is 19.5. The minimum Gasteiger partial charge on any atom is -0.384 e. The molecule has 0 bridgehead atoms. The predicted octanol–water partition coefficient (Wildman–Crippen LogP) is 2.19. The van der Waals surface area contributed by atoms with Crippen molar-refractivity contribution in [3.05, 3.63) is 70.0 Å². The standard InChI is InChI=1S/C21H21N5O2/c22-20-17(12-15-6-3-5-14-4-1-2-7-16(14)15)21-23-18(13-19(27)26(21)24-20)25-8-10-28-11-9-25/h1-7,13,24H,8-12,22H2. The van der Waals surface area contributed by atoms with E-state index in [0.717, 1.165) is 24.2 Å². The van der Waals surface area contributed by atoms with Crippen molar-refractivity contribution >= 4 is 28.1 Å². The van der Waals surface area contributed by atoms with Crippen LogP contribution in [0.2, 0.25) is 0 Å². The highest BCUT2D eigenvalue weighted by Gasteiger charge is 2.19. The first-order chi connectivity index (χ1) is 13.7. The third-order valence-electron chi connectivity index (χ3n) is 5.31. The summed E-state index contributed by atoms with van der Waals surface area (Å²) in [6, 6.07) is 16.0. The van der Waals surface area contributed by atoms with Crippen molar-refractivity contribution in [1.29, 1.82) is 0 Å². The topological polar surface area (TPSA) is 88.7 Å². The molecule has 1 aliphatic heterocycles. The summed E-state index contributed by atoms with van der Waals surface area (Å²) < 4.78 is 6.84. The molecule has 2 aromatic carbocycles. The zero-order chi connectivity index (χ0) is 19.1. The lowest BCUT2D eigenvalue weighted by Gasteiger charge is -2.27. The van der Waals surface area contributed by atoms with Gasteiger partial charge in [0.2, 0.25) is 0 Å². The Bertz CT molecular complexity index is 1220. The van der Waals surface area contributed by atoms with Crippen molar-refractivity contribution < 1.29 is 4.74 Å². The number of anilines is 2. The quantitative estimate of drug-likeness (QED) is 0.573. The van der Waals surface area contributed by atoms with Crippen molar-refractivity contribution in [2.75, 3.05) is 36.9 Å². The Kier molecular flexibility index (Phi) is 4.02. The summed E-state index contributed by atoms with van der Waals surface area (Å²) in [6.07, 6.45) is 0.596. The Hall–Kier alpha value is -3.32. The largest absolute Gasteiger partial charge is 0.384 e. The van der Waals surface area contributed by atoms with E-state index in [-0.39, 0.29) is 5.56 Å². The number of fused-ring (bicyclic) bond motifs is 2. The lowest BCUT2D eigenvalue weighted by molar-refractivity contribution is 0.122. The highest BCUT2D eigenvalue weighted by molar-refractivity contribution is 5.86. The Balaban J connectivity index is 1.63. The second-order valence-electron chi connectivity index (χ2n) is 7.03. The fraction of sp³-hybridized carbons (Fsp3) is 0.238. The van der Waals surface area contributed by atoms with Crippen molar-refractivity contribution in [2.45, 2.75) is 6.42 Å². The van der Waals surface area contributed by atoms with Crippen LogP contribution in [0.5, 0.6) is 0 Å². The minimum atomic E-state index is -0.164. The molecule has 2 aromatic heterocycles. The lowest BCUT2D eigenvalue weighted by Crippen LogP contribution is -2.37. The van der Waals surface area contributed by atoms with E-state index in [0.29, 0.717) is 36.9 Å². The zero-order valence-corrected chi connectivity index (χ0v) is 15.4. The number of H-pyrrole nitrogens is 1. The number of hydrogen-bond donors (Lipinski definition) is 2. The molecule has 1 saturated heterocycles. The van der Waals surface area contributed by atoms with Crippen LogP contribution in [0.3, 0.4) is 0 Å². The molecule has 4 aromatic rings. The number of nitrogen functional groups attached to an aromatic ring is 1. The average Bonchev–Trinajstić information content (AvgIpc) is 3.05. The number of rotatable bonds is 3. The van der Waals surface area contributed by atoms with Crippen molar-refractivity contribution in [3.8, 4) is 0 Å². The van der Waals surface area contributed by atoms with Gasteiger partial charge in [0, 0.05) is 31.1 Å². The average molecular weight is 375 g/mol. The second-order valence-corrected chi connectivity index (χ2v) is 7.03. The van der Waals surface area contributed by atoms with Crippen LogP contribution in [0.4, 0.5) is 11.6 Å². The van der Waals surface area contributed by atoms with E-state index >= 15 is 0 Å². The number of ether oxygens (including phenoxy) is 1. The molecule has 0 radical (unpaired) electrons. The van der Waals surface area contributed by atoms with E-state index in [2.05, 4.69) is 34.3 Å². The van der Waals surface area contributed by atoms with Gasteiger partial charge in [0.05, 0.1) is 13.2 Å². The molecule has 0 spiro atoms. The van der Waals surface area contributed by atoms with Crippen molar-refractivity contribution in [1.82, 2.24) is 14.6 Å². The van der Waals surface area contributed by atoms with Crippen LogP contribution in [-0.2, 0) is 11.2 Å². The summed E-state index contributed by atoms with van der Waals surface area (Å²) in [7, 11) is 0. The predicted molar refractivity (Wildman–Crippen MR) is 110 cm³/mol. The molecule has 0 unspecified atom stereocenters. The third-order valence-corrected chi connectivity index (χ3v) is 5.31. The summed E-state index contributed by atoms with van der Waals surface area (Å²) in [5, 5.41) is 5.32. The van der Waals surface area contributed by atoms with Crippen molar-refractivity contribution in [3.63, 3.8) is 0 Å². The molecular formula is C21H21N5O2. The Morgan fingerprint density at radius 3 is 2.75 bits per heavy atom. The number of nitrogens with zero attached hydrogens (tertiary/aromatic N) is 3. The Morgan fingerprint density at radius 2 is 1.89 bits per heavy atom. The van der Waals surface area contributed by atoms with Gasteiger partial charge in [0.25, 0.3) is 5.56 Å². The van der Waals surface area contributed by atoms with E-state index < -0.39 is 0 Å². The van der Waals surface area contributed by atoms with Gasteiger partial charge in [-0.1, -0.05) is 42.5 Å². The number of nitrogens with one attached hydrogen (secondary N) is 1. The van der Waals surface area contributed by atoms with Gasteiger partial charge in [-0.15, -0.1) is 0 Å². The zero-order valence-electron chi connectivity index (χ0n) is 15.4. The Labute approximate surface area is 161 Å². The van der Waals surface area contributed by atoms with Crippen LogP contribution in [-0.4, -0.2) is 40.9 Å². The maximum atomic E-state index is 12.7. The molecule has 3 heterocycles. The first-order valence-electron chi connectivity index (χ1n) is 9.40. The van der Waals surface area contributed by atoms with Gasteiger partial charge >= 0.3 is 0 Å². The molecule has 1 fully saturated rings. The van der Waals surface area contributed by atoms with Gasteiger partial charge in [-0.05, 0) is 16.3 Å². The second kappa shape index (κ2) is 6.69. The highest BCUT2D eigenvalue weighted by Crippen LogP contribution is 2.26. The number of nitrogens with two attached hydrogens (primary N) is 1. The van der Waals surface area contributed by atoms with E-state index in [9.17, 15) is 4.79 Å². The summed E-state index contributed by atoms with van der Waals surface area (Å²) in [5.74, 6) is 1.14. The van der Waals surface area contributed by atoms with Gasteiger partial charge in [-0.3, -0.25) is 9.89 Å². The molecule has 5 rings (SSSR count). The van der Waals surface area contributed by atoms with Crippen LogP contribution < -0.4 is 16.2 Å². The van der Waals surface area contributed by atoms with Crippen molar-refractivity contribution in [2.24, 2.45) is 0 Å². The number of morpholine rings is 1. The van der Waals surface area contributed by atoms with Gasteiger partial charge in [-0.2, -0.15) is 4.52 Å². The lowest BCUT2D eigenvalue weighted by atomic mass is 9.99. The van der Waals surface area contributed by atoms with E-state index in [1.54, 1.807) is 6.07 Å². The van der Waals surface area contributed by atoms with Gasteiger partial charge in [0.15, 0.2) is 5.65 Å². The molecule has 0 aliphatic carbocycles. The number of aromatic nitrogens is 3. The summed E-state index contributed by atoms with van der Waals surface area (Å²) >= 11 is 0. The molecule has 28 heavy (non-hydrogen) atoms. The molecule has 0 amide bonds.